The van der Waals surface area contributed by atoms with Gasteiger partial charge in [0.05, 0.1) is 11.9 Å². The molecule has 0 unspecified atom stereocenters. The van der Waals surface area contributed by atoms with Crippen molar-refractivity contribution in [3.63, 3.8) is 0 Å². The number of hydrogen-bond donors (Lipinski definition) is 2. The van der Waals surface area contributed by atoms with Crippen molar-refractivity contribution in [2.24, 2.45) is 5.10 Å². The highest BCUT2D eigenvalue weighted by Crippen LogP contribution is 2.15. The summed E-state index contributed by atoms with van der Waals surface area (Å²) in [6, 6.07) is 3.91. The first kappa shape index (κ1) is 11.8. The van der Waals surface area contributed by atoms with Crippen molar-refractivity contribution >= 4 is 34.3 Å². The van der Waals surface area contributed by atoms with E-state index in [1.54, 1.807) is 11.3 Å². The van der Waals surface area contributed by atoms with Gasteiger partial charge in [-0.2, -0.15) is 10.2 Å². The van der Waals surface area contributed by atoms with Gasteiger partial charge < -0.3 is 0 Å². The van der Waals surface area contributed by atoms with Gasteiger partial charge in [0.1, 0.15) is 10.7 Å². The van der Waals surface area contributed by atoms with Crippen LogP contribution in [-0.2, 0) is 0 Å². The SMILES string of the molecule is C/C(=N/Nc1cn[nH]c(=O)c1Cl)c1cccs1. The zero-order valence-electron chi connectivity index (χ0n) is 8.90. The fourth-order valence-corrected chi connectivity index (χ4v) is 1.96. The number of nitrogens with zero attached hydrogens (tertiary/aromatic N) is 2. The minimum absolute atomic E-state index is 0.0442. The van der Waals surface area contributed by atoms with E-state index >= 15 is 0 Å². The molecule has 0 aromatic carbocycles. The predicted octanol–water partition coefficient (Wildman–Crippen LogP) is 2.32. The first-order chi connectivity index (χ1) is 8.18. The van der Waals surface area contributed by atoms with E-state index in [0.29, 0.717) is 5.69 Å². The molecule has 2 rings (SSSR count). The van der Waals surface area contributed by atoms with Crippen LogP contribution in [0, 0.1) is 0 Å². The molecule has 2 heterocycles. The van der Waals surface area contributed by atoms with Crippen LogP contribution in [0.1, 0.15) is 11.8 Å². The standard InChI is InChI=1S/C10H9ClN4OS/c1-6(8-3-2-4-17-8)13-14-7-5-12-15-10(16)9(7)11/h2-5H,1H3,(H2,14,15,16)/b13-6-. The van der Waals surface area contributed by atoms with Crippen LogP contribution in [0.25, 0.3) is 0 Å². The summed E-state index contributed by atoms with van der Waals surface area (Å²) in [6.07, 6.45) is 1.41. The maximum atomic E-state index is 11.2. The van der Waals surface area contributed by atoms with Crippen LogP contribution >= 0.6 is 22.9 Å². The average molecular weight is 269 g/mol. The lowest BCUT2D eigenvalue weighted by Gasteiger charge is -2.02. The Balaban J connectivity index is 2.20. The molecule has 2 aromatic heterocycles. The second kappa shape index (κ2) is 5.11. The molecule has 0 aliphatic heterocycles. The van der Waals surface area contributed by atoms with Crippen LogP contribution in [0.2, 0.25) is 5.02 Å². The molecule has 0 fully saturated rings. The summed E-state index contributed by atoms with van der Waals surface area (Å²) in [7, 11) is 0. The summed E-state index contributed by atoms with van der Waals surface area (Å²) in [5, 5.41) is 12.0. The van der Waals surface area contributed by atoms with E-state index in [2.05, 4.69) is 20.7 Å². The molecule has 0 atom stereocenters. The summed E-state index contributed by atoms with van der Waals surface area (Å²) in [5.74, 6) is 0. The van der Waals surface area contributed by atoms with Gasteiger partial charge in [-0.25, -0.2) is 5.10 Å². The maximum Gasteiger partial charge on any atom is 0.285 e. The van der Waals surface area contributed by atoms with Gasteiger partial charge in [0.2, 0.25) is 0 Å². The highest BCUT2D eigenvalue weighted by molar-refractivity contribution is 7.12. The lowest BCUT2D eigenvalue weighted by Crippen LogP contribution is -2.10. The van der Waals surface area contributed by atoms with Gasteiger partial charge in [-0.1, -0.05) is 17.7 Å². The second-order valence-electron chi connectivity index (χ2n) is 3.21. The number of hydrogen-bond acceptors (Lipinski definition) is 5. The van der Waals surface area contributed by atoms with Crippen molar-refractivity contribution < 1.29 is 0 Å². The number of thiophene rings is 1. The third-order valence-electron chi connectivity index (χ3n) is 2.02. The third kappa shape index (κ3) is 2.72. The number of nitrogens with one attached hydrogen (secondary N) is 2. The van der Waals surface area contributed by atoms with Crippen LogP contribution in [0.5, 0.6) is 0 Å². The van der Waals surface area contributed by atoms with Crippen LogP contribution in [-0.4, -0.2) is 15.9 Å². The van der Waals surface area contributed by atoms with Crippen molar-refractivity contribution in [3.05, 3.63) is 44.0 Å². The molecule has 5 nitrogen and oxygen atoms in total. The maximum absolute atomic E-state index is 11.2. The Bertz CT molecular complexity index is 591. The van der Waals surface area contributed by atoms with Gasteiger partial charge in [0, 0.05) is 4.88 Å². The van der Waals surface area contributed by atoms with E-state index in [1.165, 1.54) is 6.20 Å². The Morgan fingerprint density at radius 1 is 1.65 bits per heavy atom. The minimum Gasteiger partial charge on any atom is -0.275 e. The van der Waals surface area contributed by atoms with Gasteiger partial charge in [0.25, 0.3) is 5.56 Å². The third-order valence-corrected chi connectivity index (χ3v) is 3.37. The molecule has 88 valence electrons. The van der Waals surface area contributed by atoms with Gasteiger partial charge in [0.15, 0.2) is 0 Å². The van der Waals surface area contributed by atoms with Crippen molar-refractivity contribution in [1.29, 1.82) is 0 Å². The Hall–Kier alpha value is -1.66. The lowest BCUT2D eigenvalue weighted by molar-refractivity contribution is 0.987. The smallest absolute Gasteiger partial charge is 0.275 e. The number of H-pyrrole nitrogens is 1. The number of hydrazone groups is 1. The van der Waals surface area contributed by atoms with E-state index < -0.39 is 5.56 Å². The molecule has 2 N–H and O–H groups in total. The topological polar surface area (TPSA) is 70.1 Å². The van der Waals surface area contributed by atoms with Gasteiger partial charge >= 0.3 is 0 Å². The molecule has 0 saturated carbocycles. The van der Waals surface area contributed by atoms with E-state index in [1.807, 2.05) is 24.4 Å². The zero-order chi connectivity index (χ0) is 12.3. The fourth-order valence-electron chi connectivity index (χ4n) is 1.15. The molecular formula is C10H9ClN4OS. The number of rotatable bonds is 3. The molecule has 17 heavy (non-hydrogen) atoms. The van der Waals surface area contributed by atoms with Gasteiger partial charge in [-0.15, -0.1) is 11.3 Å². The largest absolute Gasteiger partial charge is 0.285 e. The number of aromatic nitrogens is 2. The summed E-state index contributed by atoms with van der Waals surface area (Å²) < 4.78 is 0. The van der Waals surface area contributed by atoms with Crippen molar-refractivity contribution in [2.75, 3.05) is 5.43 Å². The molecule has 0 aliphatic rings. The van der Waals surface area contributed by atoms with Crippen LogP contribution in [0.3, 0.4) is 0 Å². The number of anilines is 1. The van der Waals surface area contributed by atoms with Crippen molar-refractivity contribution in [3.8, 4) is 0 Å². The summed E-state index contributed by atoms with van der Waals surface area (Å²) in [5.41, 5.74) is 3.48. The van der Waals surface area contributed by atoms with E-state index in [4.69, 9.17) is 11.6 Å². The van der Waals surface area contributed by atoms with Crippen LogP contribution in [0.4, 0.5) is 5.69 Å². The highest BCUT2D eigenvalue weighted by atomic mass is 35.5. The first-order valence-electron chi connectivity index (χ1n) is 4.76. The average Bonchev–Trinajstić information content (AvgIpc) is 2.84. The molecule has 0 aliphatic carbocycles. The van der Waals surface area contributed by atoms with E-state index in [-0.39, 0.29) is 5.02 Å². The zero-order valence-corrected chi connectivity index (χ0v) is 10.5. The molecule has 0 radical (unpaired) electrons. The van der Waals surface area contributed by atoms with Gasteiger partial charge in [-0.3, -0.25) is 10.2 Å². The molecule has 0 bridgehead atoms. The fraction of sp³-hybridized carbons (Fsp3) is 0.100. The minimum atomic E-state index is -0.444. The number of halogens is 1. The molecular weight excluding hydrogens is 260 g/mol. The number of aromatic amines is 1. The molecule has 7 heteroatoms. The quantitative estimate of drug-likeness (QED) is 0.663. The molecule has 0 saturated heterocycles. The Kier molecular flexibility index (Phi) is 3.55. The predicted molar refractivity (Wildman–Crippen MR) is 70.0 cm³/mol. The Labute approximate surface area is 106 Å². The monoisotopic (exact) mass is 268 g/mol. The van der Waals surface area contributed by atoms with E-state index in [9.17, 15) is 4.79 Å². The highest BCUT2D eigenvalue weighted by Gasteiger charge is 2.04. The Morgan fingerprint density at radius 2 is 2.47 bits per heavy atom. The van der Waals surface area contributed by atoms with E-state index in [0.717, 1.165) is 10.6 Å². The summed E-state index contributed by atoms with van der Waals surface area (Å²) in [4.78, 5) is 12.2. The summed E-state index contributed by atoms with van der Waals surface area (Å²) in [6.45, 7) is 1.87. The van der Waals surface area contributed by atoms with Gasteiger partial charge in [-0.05, 0) is 18.4 Å². The Morgan fingerprint density at radius 3 is 3.18 bits per heavy atom. The first-order valence-corrected chi connectivity index (χ1v) is 6.01. The summed E-state index contributed by atoms with van der Waals surface area (Å²) >= 11 is 7.37. The normalized spacial score (nSPS) is 11.5. The molecule has 0 spiro atoms. The molecule has 2 aromatic rings. The second-order valence-corrected chi connectivity index (χ2v) is 4.54. The van der Waals surface area contributed by atoms with Crippen LogP contribution < -0.4 is 11.0 Å². The van der Waals surface area contributed by atoms with Crippen molar-refractivity contribution in [1.82, 2.24) is 10.2 Å². The molecule has 0 amide bonds. The van der Waals surface area contributed by atoms with Crippen molar-refractivity contribution in [2.45, 2.75) is 6.92 Å². The van der Waals surface area contributed by atoms with Crippen LogP contribution in [0.15, 0.2) is 33.6 Å². The lowest BCUT2D eigenvalue weighted by atomic mass is 10.3.